The number of non-ortho nitro benzene ring substituents is 1. The van der Waals surface area contributed by atoms with E-state index >= 15 is 0 Å². The number of hydrogen-bond acceptors (Lipinski definition) is 6. The first-order chi connectivity index (χ1) is 12.6. The van der Waals surface area contributed by atoms with Gasteiger partial charge in [0.05, 0.1) is 20.1 Å². The van der Waals surface area contributed by atoms with Crippen LogP contribution in [0.4, 0.5) is 5.69 Å². The first kappa shape index (κ1) is 17.8. The quantitative estimate of drug-likeness (QED) is 0.372. The van der Waals surface area contributed by atoms with Crippen molar-refractivity contribution in [2.24, 2.45) is 0 Å². The Morgan fingerprint density at radius 2 is 1.96 bits per heavy atom. The van der Waals surface area contributed by atoms with Crippen LogP contribution in [0.15, 0.2) is 48.5 Å². The highest BCUT2D eigenvalue weighted by atomic mass is 32.1. The average Bonchev–Trinajstić information content (AvgIpc) is 3.06. The SMILES string of the molecule is O=C(COc1ccc([N+](=O)[O-])cc1)NCCCc1nc2ccccc2s1. The summed E-state index contributed by atoms with van der Waals surface area (Å²) in [5.41, 5.74) is 0.990. The third-order valence-corrected chi connectivity index (χ3v) is 4.74. The van der Waals surface area contributed by atoms with Crippen molar-refractivity contribution in [1.82, 2.24) is 10.3 Å². The minimum absolute atomic E-state index is 0.0170. The molecule has 0 atom stereocenters. The van der Waals surface area contributed by atoms with Crippen molar-refractivity contribution in [3.05, 3.63) is 63.7 Å². The highest BCUT2D eigenvalue weighted by Gasteiger charge is 2.07. The van der Waals surface area contributed by atoms with E-state index < -0.39 is 4.92 Å². The standard InChI is InChI=1S/C18H17N3O4S/c22-17(12-25-14-9-7-13(8-10-14)21(23)24)19-11-3-6-18-20-15-4-1-2-5-16(15)26-18/h1-2,4-5,7-10H,3,6,11-12H2,(H,19,22). The predicted octanol–water partition coefficient (Wildman–Crippen LogP) is 3.33. The summed E-state index contributed by atoms with van der Waals surface area (Å²) in [7, 11) is 0. The largest absolute Gasteiger partial charge is 0.484 e. The van der Waals surface area contributed by atoms with E-state index in [4.69, 9.17) is 4.74 Å². The number of rotatable bonds is 8. The number of benzene rings is 2. The van der Waals surface area contributed by atoms with Crippen LogP contribution in [0.2, 0.25) is 0 Å². The molecule has 134 valence electrons. The van der Waals surface area contributed by atoms with Crippen LogP contribution >= 0.6 is 11.3 Å². The molecule has 0 aliphatic rings. The summed E-state index contributed by atoms with van der Waals surface area (Å²) < 4.78 is 6.48. The van der Waals surface area contributed by atoms with Gasteiger partial charge in [0, 0.05) is 25.1 Å². The van der Waals surface area contributed by atoms with Gasteiger partial charge in [0.25, 0.3) is 11.6 Å². The molecule has 1 aromatic heterocycles. The molecule has 0 aliphatic heterocycles. The number of nitrogens with zero attached hydrogens (tertiary/aromatic N) is 2. The smallest absolute Gasteiger partial charge is 0.269 e. The maximum Gasteiger partial charge on any atom is 0.269 e. The Morgan fingerprint density at radius 1 is 1.19 bits per heavy atom. The number of aromatic nitrogens is 1. The van der Waals surface area contributed by atoms with Gasteiger partial charge in [-0.2, -0.15) is 0 Å². The number of ether oxygens (including phenoxy) is 1. The number of carbonyl (C=O) groups is 1. The number of nitrogens with one attached hydrogen (secondary N) is 1. The van der Waals surface area contributed by atoms with Gasteiger partial charge in [0.2, 0.25) is 0 Å². The number of amides is 1. The number of thiazole rings is 1. The highest BCUT2D eigenvalue weighted by Crippen LogP contribution is 2.22. The van der Waals surface area contributed by atoms with Crippen LogP contribution < -0.4 is 10.1 Å². The van der Waals surface area contributed by atoms with Gasteiger partial charge in [-0.05, 0) is 30.7 Å². The molecule has 0 aliphatic carbocycles. The Hall–Kier alpha value is -3.00. The summed E-state index contributed by atoms with van der Waals surface area (Å²) in [6.45, 7) is 0.414. The van der Waals surface area contributed by atoms with E-state index in [0.717, 1.165) is 23.4 Å². The summed E-state index contributed by atoms with van der Waals surface area (Å²) in [6.07, 6.45) is 1.60. The summed E-state index contributed by atoms with van der Waals surface area (Å²) in [4.78, 5) is 26.4. The summed E-state index contributed by atoms with van der Waals surface area (Å²) >= 11 is 1.67. The monoisotopic (exact) mass is 371 g/mol. The lowest BCUT2D eigenvalue weighted by Crippen LogP contribution is -2.29. The van der Waals surface area contributed by atoms with Crippen LogP contribution in [0.25, 0.3) is 10.2 Å². The second kappa shape index (κ2) is 8.39. The van der Waals surface area contributed by atoms with Crippen molar-refractivity contribution in [1.29, 1.82) is 0 Å². The number of nitro groups is 1. The molecule has 0 radical (unpaired) electrons. The van der Waals surface area contributed by atoms with E-state index in [-0.39, 0.29) is 18.2 Å². The lowest BCUT2D eigenvalue weighted by Gasteiger charge is -2.07. The molecule has 0 bridgehead atoms. The Balaban J connectivity index is 1.36. The van der Waals surface area contributed by atoms with Crippen molar-refractivity contribution < 1.29 is 14.5 Å². The van der Waals surface area contributed by atoms with Crippen LogP contribution in [0.1, 0.15) is 11.4 Å². The fourth-order valence-electron chi connectivity index (χ4n) is 2.36. The number of fused-ring (bicyclic) bond motifs is 1. The number of aryl methyl sites for hydroxylation is 1. The van der Waals surface area contributed by atoms with E-state index in [2.05, 4.69) is 10.3 Å². The van der Waals surface area contributed by atoms with Gasteiger partial charge in [-0.3, -0.25) is 14.9 Å². The van der Waals surface area contributed by atoms with Crippen molar-refractivity contribution in [2.45, 2.75) is 12.8 Å². The average molecular weight is 371 g/mol. The number of hydrogen-bond donors (Lipinski definition) is 1. The van der Waals surface area contributed by atoms with E-state index in [1.165, 1.54) is 29.0 Å². The number of para-hydroxylation sites is 1. The molecular formula is C18H17N3O4S. The minimum Gasteiger partial charge on any atom is -0.484 e. The second-order valence-electron chi connectivity index (χ2n) is 5.57. The molecule has 3 aromatic rings. The van der Waals surface area contributed by atoms with Gasteiger partial charge >= 0.3 is 0 Å². The molecule has 8 heteroatoms. The highest BCUT2D eigenvalue weighted by molar-refractivity contribution is 7.18. The zero-order chi connectivity index (χ0) is 18.4. The Morgan fingerprint density at radius 3 is 2.69 bits per heavy atom. The molecule has 1 N–H and O–H groups in total. The Bertz CT molecular complexity index is 875. The van der Waals surface area contributed by atoms with Crippen molar-refractivity contribution >= 4 is 33.1 Å². The maximum absolute atomic E-state index is 11.8. The molecule has 2 aromatic carbocycles. The number of carbonyl (C=O) groups excluding carboxylic acids is 1. The summed E-state index contributed by atoms with van der Waals surface area (Å²) in [5.74, 6) is 0.188. The van der Waals surface area contributed by atoms with Gasteiger partial charge in [-0.1, -0.05) is 12.1 Å². The lowest BCUT2D eigenvalue weighted by molar-refractivity contribution is -0.384. The van der Waals surface area contributed by atoms with Crippen LogP contribution in [0.3, 0.4) is 0 Å². The van der Waals surface area contributed by atoms with Gasteiger partial charge in [-0.25, -0.2) is 4.98 Å². The first-order valence-electron chi connectivity index (χ1n) is 8.10. The maximum atomic E-state index is 11.8. The molecule has 0 fully saturated rings. The molecule has 1 heterocycles. The van der Waals surface area contributed by atoms with E-state index in [9.17, 15) is 14.9 Å². The second-order valence-corrected chi connectivity index (χ2v) is 6.68. The van der Waals surface area contributed by atoms with Crippen molar-refractivity contribution in [3.8, 4) is 5.75 Å². The first-order valence-corrected chi connectivity index (χ1v) is 8.92. The zero-order valence-electron chi connectivity index (χ0n) is 13.9. The van der Waals surface area contributed by atoms with Gasteiger partial charge in [0.1, 0.15) is 5.75 Å². The molecule has 0 saturated heterocycles. The van der Waals surface area contributed by atoms with Crippen LogP contribution in [0.5, 0.6) is 5.75 Å². The Kier molecular flexibility index (Phi) is 5.75. The number of nitro benzene ring substituents is 1. The van der Waals surface area contributed by atoms with Gasteiger partial charge in [0.15, 0.2) is 6.61 Å². The van der Waals surface area contributed by atoms with Gasteiger partial charge < -0.3 is 10.1 Å². The third kappa shape index (κ3) is 4.76. The van der Waals surface area contributed by atoms with E-state index in [0.29, 0.717) is 12.3 Å². The molecule has 7 nitrogen and oxygen atoms in total. The molecule has 0 unspecified atom stereocenters. The lowest BCUT2D eigenvalue weighted by atomic mass is 10.3. The molecule has 3 rings (SSSR count). The molecule has 1 amide bonds. The van der Waals surface area contributed by atoms with Gasteiger partial charge in [-0.15, -0.1) is 11.3 Å². The Labute approximate surface area is 153 Å². The fraction of sp³-hybridized carbons (Fsp3) is 0.222. The predicted molar refractivity (Wildman–Crippen MR) is 99.5 cm³/mol. The summed E-state index contributed by atoms with van der Waals surface area (Å²) in [5, 5.41) is 14.4. The van der Waals surface area contributed by atoms with Crippen molar-refractivity contribution in [2.75, 3.05) is 13.2 Å². The normalized spacial score (nSPS) is 10.6. The van der Waals surface area contributed by atoms with Crippen LogP contribution in [0, 0.1) is 10.1 Å². The molecule has 26 heavy (non-hydrogen) atoms. The summed E-state index contributed by atoms with van der Waals surface area (Å²) in [6, 6.07) is 13.6. The van der Waals surface area contributed by atoms with Crippen LogP contribution in [-0.4, -0.2) is 29.0 Å². The minimum atomic E-state index is -0.484. The van der Waals surface area contributed by atoms with Crippen molar-refractivity contribution in [3.63, 3.8) is 0 Å². The molecule has 0 saturated carbocycles. The molecular weight excluding hydrogens is 354 g/mol. The molecule has 0 spiro atoms. The van der Waals surface area contributed by atoms with E-state index in [1.54, 1.807) is 11.3 Å². The third-order valence-electron chi connectivity index (χ3n) is 3.65. The van der Waals surface area contributed by atoms with E-state index in [1.807, 2.05) is 24.3 Å². The topological polar surface area (TPSA) is 94.4 Å². The van der Waals surface area contributed by atoms with Crippen LogP contribution in [-0.2, 0) is 11.2 Å². The fourth-order valence-corrected chi connectivity index (χ4v) is 3.37. The zero-order valence-corrected chi connectivity index (χ0v) is 14.7.